The van der Waals surface area contributed by atoms with Crippen molar-refractivity contribution < 1.29 is 9.53 Å². The van der Waals surface area contributed by atoms with Gasteiger partial charge in [0.05, 0.1) is 5.02 Å². The summed E-state index contributed by atoms with van der Waals surface area (Å²) in [5.41, 5.74) is 0.880. The highest BCUT2D eigenvalue weighted by Crippen LogP contribution is 2.66. The lowest BCUT2D eigenvalue weighted by molar-refractivity contribution is -0.0249. The molecule has 0 spiro atoms. The third kappa shape index (κ3) is 1.75. The van der Waals surface area contributed by atoms with E-state index in [1.807, 2.05) is 7.05 Å². The molecule has 0 aromatic carbocycles. The molecule has 3 nitrogen and oxygen atoms in total. The summed E-state index contributed by atoms with van der Waals surface area (Å²) < 4.78 is 7.57. The molecular formula is C16H22ClNO2. The van der Waals surface area contributed by atoms with Gasteiger partial charge in [-0.05, 0) is 36.7 Å². The molecule has 4 heteroatoms. The van der Waals surface area contributed by atoms with E-state index >= 15 is 0 Å². The van der Waals surface area contributed by atoms with Crippen molar-refractivity contribution in [2.45, 2.75) is 46.1 Å². The molecule has 0 aliphatic heterocycles. The third-order valence-electron chi connectivity index (χ3n) is 6.14. The number of aromatic nitrogens is 1. The fourth-order valence-electron chi connectivity index (χ4n) is 4.23. The molecule has 2 fully saturated rings. The second-order valence-electron chi connectivity index (χ2n) is 7.16. The number of carbonyl (C=O) groups is 1. The maximum atomic E-state index is 12.4. The number of ether oxygens (including phenoxy) is 1. The van der Waals surface area contributed by atoms with Crippen molar-refractivity contribution in [2.75, 3.05) is 0 Å². The first-order chi connectivity index (χ1) is 9.25. The van der Waals surface area contributed by atoms with Gasteiger partial charge in [-0.2, -0.15) is 0 Å². The van der Waals surface area contributed by atoms with E-state index in [-0.39, 0.29) is 22.9 Å². The molecule has 3 rings (SSSR count). The van der Waals surface area contributed by atoms with Crippen LogP contribution in [0.5, 0.6) is 0 Å². The Kier molecular flexibility index (Phi) is 2.99. The van der Waals surface area contributed by atoms with Crippen LogP contribution in [0.4, 0.5) is 0 Å². The maximum Gasteiger partial charge on any atom is 0.355 e. The number of fused-ring (bicyclic) bond motifs is 2. The van der Waals surface area contributed by atoms with Crippen LogP contribution >= 0.6 is 11.6 Å². The summed E-state index contributed by atoms with van der Waals surface area (Å²) in [6, 6.07) is 1.67. The van der Waals surface area contributed by atoms with Crippen molar-refractivity contribution in [3.63, 3.8) is 0 Å². The lowest BCUT2D eigenvalue weighted by atomic mass is 9.70. The van der Waals surface area contributed by atoms with Crippen molar-refractivity contribution in [1.29, 1.82) is 0 Å². The minimum absolute atomic E-state index is 0.0254. The van der Waals surface area contributed by atoms with E-state index in [0.717, 1.165) is 12.8 Å². The summed E-state index contributed by atoms with van der Waals surface area (Å²) in [5, 5.41) is 0.568. The van der Waals surface area contributed by atoms with Crippen LogP contribution in [-0.2, 0) is 11.8 Å². The van der Waals surface area contributed by atoms with Crippen molar-refractivity contribution in [2.24, 2.45) is 23.8 Å². The first-order valence-electron chi connectivity index (χ1n) is 7.28. The van der Waals surface area contributed by atoms with Gasteiger partial charge in [-0.15, -0.1) is 0 Å². The molecule has 0 radical (unpaired) electrons. The summed E-state index contributed by atoms with van der Waals surface area (Å²) in [6.07, 6.45) is 5.15. The molecular weight excluding hydrogens is 274 g/mol. The van der Waals surface area contributed by atoms with Gasteiger partial charge < -0.3 is 9.30 Å². The quantitative estimate of drug-likeness (QED) is 0.771. The van der Waals surface area contributed by atoms with Crippen molar-refractivity contribution in [3.8, 4) is 0 Å². The molecule has 2 aliphatic carbocycles. The normalized spacial score (nSPS) is 34.5. The molecule has 1 aromatic heterocycles. The molecule has 2 saturated carbocycles. The Morgan fingerprint density at radius 1 is 1.45 bits per heavy atom. The average molecular weight is 296 g/mol. The number of carbonyl (C=O) groups excluding carboxylic acids is 1. The Morgan fingerprint density at radius 3 is 2.60 bits per heavy atom. The Labute approximate surface area is 125 Å². The molecule has 3 unspecified atom stereocenters. The molecule has 20 heavy (non-hydrogen) atoms. The Bertz CT molecular complexity index is 563. The van der Waals surface area contributed by atoms with Gasteiger partial charge in [0.2, 0.25) is 0 Å². The summed E-state index contributed by atoms with van der Waals surface area (Å²) in [5.74, 6) is 0.413. The smallest absolute Gasteiger partial charge is 0.355 e. The topological polar surface area (TPSA) is 31.2 Å². The Balaban J connectivity index is 1.80. The van der Waals surface area contributed by atoms with Gasteiger partial charge in [-0.3, -0.25) is 0 Å². The lowest BCUT2D eigenvalue weighted by Gasteiger charge is -2.38. The number of hydrogen-bond donors (Lipinski definition) is 0. The number of aryl methyl sites for hydroxylation is 1. The molecule has 2 bridgehead atoms. The van der Waals surface area contributed by atoms with E-state index in [0.29, 0.717) is 16.6 Å². The number of halogens is 1. The fraction of sp³-hybridized carbons (Fsp3) is 0.688. The summed E-state index contributed by atoms with van der Waals surface area (Å²) >= 11 is 5.93. The number of esters is 1. The minimum atomic E-state index is -0.256. The van der Waals surface area contributed by atoms with Crippen LogP contribution in [0.3, 0.4) is 0 Å². The van der Waals surface area contributed by atoms with Crippen LogP contribution < -0.4 is 0 Å². The van der Waals surface area contributed by atoms with Gasteiger partial charge in [0.15, 0.2) is 0 Å². The minimum Gasteiger partial charge on any atom is -0.457 e. The molecule has 0 amide bonds. The number of rotatable bonds is 2. The third-order valence-corrected chi connectivity index (χ3v) is 6.35. The first-order valence-corrected chi connectivity index (χ1v) is 7.66. The molecule has 3 atom stereocenters. The average Bonchev–Trinajstić information content (AvgIpc) is 2.86. The zero-order chi connectivity index (χ0) is 14.7. The van der Waals surface area contributed by atoms with Crippen LogP contribution in [0, 0.1) is 16.7 Å². The highest BCUT2D eigenvalue weighted by Gasteiger charge is 2.62. The summed E-state index contributed by atoms with van der Waals surface area (Å²) in [7, 11) is 1.81. The number of nitrogens with zero attached hydrogens (tertiary/aromatic N) is 1. The predicted molar refractivity (Wildman–Crippen MR) is 78.9 cm³/mol. The second kappa shape index (κ2) is 4.27. The van der Waals surface area contributed by atoms with Crippen LogP contribution in [0.2, 0.25) is 5.02 Å². The van der Waals surface area contributed by atoms with Gasteiger partial charge in [0, 0.05) is 18.7 Å². The summed E-state index contributed by atoms with van der Waals surface area (Å²) in [4.78, 5) is 12.4. The molecule has 110 valence electrons. The fourth-order valence-corrected chi connectivity index (χ4v) is 4.47. The van der Waals surface area contributed by atoms with Gasteiger partial charge in [-0.1, -0.05) is 32.4 Å². The van der Waals surface area contributed by atoms with E-state index in [1.54, 1.807) is 16.8 Å². The largest absolute Gasteiger partial charge is 0.457 e. The predicted octanol–water partition coefficient (Wildman–Crippen LogP) is 4.05. The van der Waals surface area contributed by atoms with E-state index < -0.39 is 0 Å². The van der Waals surface area contributed by atoms with Crippen LogP contribution in [0.1, 0.15) is 50.5 Å². The van der Waals surface area contributed by atoms with Crippen molar-refractivity contribution in [1.82, 2.24) is 4.57 Å². The first kappa shape index (κ1) is 14.0. The Morgan fingerprint density at radius 2 is 2.15 bits per heavy atom. The summed E-state index contributed by atoms with van der Waals surface area (Å²) in [6.45, 7) is 6.91. The van der Waals surface area contributed by atoms with Crippen LogP contribution in [0.15, 0.2) is 12.3 Å². The standard InChI is InChI=1S/C16H22ClNO2/c1-15(2)10-5-6-16(15,3)13(7-10)20-14(19)12-8-11(17)9-18(12)4/h8-10,13H,5-7H2,1-4H3. The lowest BCUT2D eigenvalue weighted by Crippen LogP contribution is -2.38. The van der Waals surface area contributed by atoms with Gasteiger partial charge in [0.1, 0.15) is 11.8 Å². The highest BCUT2D eigenvalue weighted by molar-refractivity contribution is 6.30. The van der Waals surface area contributed by atoms with E-state index in [4.69, 9.17) is 16.3 Å². The SMILES string of the molecule is Cn1cc(Cl)cc1C(=O)OC1CC2CCC1(C)C2(C)C. The monoisotopic (exact) mass is 295 g/mol. The van der Waals surface area contributed by atoms with Gasteiger partial charge in [0.25, 0.3) is 0 Å². The zero-order valence-corrected chi connectivity index (χ0v) is 13.3. The molecule has 0 saturated heterocycles. The molecule has 0 N–H and O–H groups in total. The molecule has 2 aliphatic rings. The van der Waals surface area contributed by atoms with Gasteiger partial charge in [-0.25, -0.2) is 4.79 Å². The maximum absolute atomic E-state index is 12.4. The van der Waals surface area contributed by atoms with Crippen LogP contribution in [-0.4, -0.2) is 16.6 Å². The van der Waals surface area contributed by atoms with Crippen molar-refractivity contribution in [3.05, 3.63) is 23.0 Å². The van der Waals surface area contributed by atoms with E-state index in [2.05, 4.69) is 20.8 Å². The highest BCUT2D eigenvalue weighted by atomic mass is 35.5. The van der Waals surface area contributed by atoms with Crippen LogP contribution in [0.25, 0.3) is 0 Å². The molecule has 1 heterocycles. The van der Waals surface area contributed by atoms with E-state index in [1.165, 1.54) is 6.42 Å². The number of hydrogen-bond acceptors (Lipinski definition) is 2. The molecule has 1 aromatic rings. The van der Waals surface area contributed by atoms with E-state index in [9.17, 15) is 4.79 Å². The van der Waals surface area contributed by atoms with Crippen molar-refractivity contribution >= 4 is 17.6 Å². The zero-order valence-electron chi connectivity index (χ0n) is 12.6. The van der Waals surface area contributed by atoms with Gasteiger partial charge >= 0.3 is 5.97 Å². The second-order valence-corrected chi connectivity index (χ2v) is 7.60. The Hall–Kier alpha value is -0.960.